The second-order valence-electron chi connectivity index (χ2n) is 4.17. The molecular formula is C13H15NO. The molecular weight excluding hydrogens is 186 g/mol. The van der Waals surface area contributed by atoms with Gasteiger partial charge in [-0.3, -0.25) is 0 Å². The predicted molar refractivity (Wildman–Crippen MR) is 58.1 cm³/mol. The monoisotopic (exact) mass is 201 g/mol. The second-order valence-corrected chi connectivity index (χ2v) is 4.17. The predicted octanol–water partition coefficient (Wildman–Crippen LogP) is 2.37. The molecule has 2 nitrogen and oxygen atoms in total. The number of nitriles is 1. The standard InChI is InChI=1S/C13H15NO/c1-2-11(9-14)13(15)8-7-10-5-3-4-6-12(10)13/h3-6,11,15H,2,7-8H2,1H3. The first-order valence-electron chi connectivity index (χ1n) is 5.42. The molecule has 0 aromatic heterocycles. The Morgan fingerprint density at radius 1 is 1.53 bits per heavy atom. The lowest BCUT2D eigenvalue weighted by atomic mass is 9.82. The van der Waals surface area contributed by atoms with E-state index in [1.54, 1.807) is 0 Å². The van der Waals surface area contributed by atoms with Crippen molar-refractivity contribution in [3.63, 3.8) is 0 Å². The van der Waals surface area contributed by atoms with Gasteiger partial charge in [-0.05, 0) is 30.4 Å². The van der Waals surface area contributed by atoms with Crippen LogP contribution in [0.15, 0.2) is 24.3 Å². The summed E-state index contributed by atoms with van der Waals surface area (Å²) in [6, 6.07) is 10.1. The Morgan fingerprint density at radius 2 is 2.27 bits per heavy atom. The topological polar surface area (TPSA) is 44.0 Å². The molecule has 2 heteroatoms. The normalized spacial score (nSPS) is 25.7. The molecule has 1 aromatic rings. The Bertz CT molecular complexity index is 407. The van der Waals surface area contributed by atoms with Gasteiger partial charge in [0, 0.05) is 0 Å². The molecule has 0 aliphatic heterocycles. The number of nitrogens with zero attached hydrogens (tertiary/aromatic N) is 1. The Morgan fingerprint density at radius 3 is 2.93 bits per heavy atom. The van der Waals surface area contributed by atoms with Crippen LogP contribution in [-0.2, 0) is 12.0 Å². The molecule has 0 bridgehead atoms. The van der Waals surface area contributed by atoms with Crippen LogP contribution < -0.4 is 0 Å². The summed E-state index contributed by atoms with van der Waals surface area (Å²) in [5.41, 5.74) is 1.23. The molecule has 0 radical (unpaired) electrons. The van der Waals surface area contributed by atoms with Crippen LogP contribution in [-0.4, -0.2) is 5.11 Å². The average Bonchev–Trinajstić information content (AvgIpc) is 2.60. The summed E-state index contributed by atoms with van der Waals surface area (Å²) < 4.78 is 0. The van der Waals surface area contributed by atoms with Crippen LogP contribution in [0.3, 0.4) is 0 Å². The third kappa shape index (κ3) is 1.44. The van der Waals surface area contributed by atoms with E-state index in [-0.39, 0.29) is 5.92 Å². The molecule has 1 aliphatic carbocycles. The summed E-state index contributed by atoms with van der Waals surface area (Å²) in [5, 5.41) is 19.6. The molecule has 1 aliphatic rings. The minimum atomic E-state index is -0.917. The fraction of sp³-hybridized carbons (Fsp3) is 0.462. The Hall–Kier alpha value is -1.33. The van der Waals surface area contributed by atoms with Gasteiger partial charge in [-0.25, -0.2) is 0 Å². The summed E-state index contributed by atoms with van der Waals surface area (Å²) in [5.74, 6) is -0.291. The Balaban J connectivity index is 2.45. The highest BCUT2D eigenvalue weighted by atomic mass is 16.3. The van der Waals surface area contributed by atoms with Gasteiger partial charge in [0.15, 0.2) is 0 Å². The second kappa shape index (κ2) is 3.67. The van der Waals surface area contributed by atoms with E-state index in [1.165, 1.54) is 5.56 Å². The molecule has 0 fully saturated rings. The third-order valence-electron chi connectivity index (χ3n) is 3.40. The first-order chi connectivity index (χ1) is 7.22. The van der Waals surface area contributed by atoms with Crippen molar-refractivity contribution in [2.45, 2.75) is 31.8 Å². The van der Waals surface area contributed by atoms with Crippen LogP contribution in [0.1, 0.15) is 30.9 Å². The van der Waals surface area contributed by atoms with Crippen LogP contribution in [0.25, 0.3) is 0 Å². The van der Waals surface area contributed by atoms with Gasteiger partial charge < -0.3 is 5.11 Å². The van der Waals surface area contributed by atoms with Crippen molar-refractivity contribution in [2.75, 3.05) is 0 Å². The van der Waals surface area contributed by atoms with Crippen molar-refractivity contribution < 1.29 is 5.11 Å². The number of aryl methyl sites for hydroxylation is 1. The lowest BCUT2D eigenvalue weighted by Gasteiger charge is -2.28. The minimum absolute atomic E-state index is 0.291. The van der Waals surface area contributed by atoms with E-state index in [0.29, 0.717) is 12.8 Å². The minimum Gasteiger partial charge on any atom is -0.384 e. The Kier molecular flexibility index (Phi) is 2.50. The smallest absolute Gasteiger partial charge is 0.106 e. The maximum Gasteiger partial charge on any atom is 0.106 e. The quantitative estimate of drug-likeness (QED) is 0.798. The van der Waals surface area contributed by atoms with Crippen LogP contribution in [0.2, 0.25) is 0 Å². The zero-order valence-electron chi connectivity index (χ0n) is 8.90. The lowest BCUT2D eigenvalue weighted by Crippen LogP contribution is -2.31. The zero-order valence-corrected chi connectivity index (χ0v) is 8.90. The van der Waals surface area contributed by atoms with Crippen molar-refractivity contribution in [1.82, 2.24) is 0 Å². The fourth-order valence-corrected chi connectivity index (χ4v) is 2.52. The molecule has 0 heterocycles. The third-order valence-corrected chi connectivity index (χ3v) is 3.40. The fourth-order valence-electron chi connectivity index (χ4n) is 2.52. The summed E-state index contributed by atoms with van der Waals surface area (Å²) in [4.78, 5) is 0. The van der Waals surface area contributed by atoms with E-state index >= 15 is 0 Å². The van der Waals surface area contributed by atoms with Gasteiger partial charge in [-0.1, -0.05) is 31.2 Å². The highest BCUT2D eigenvalue weighted by Crippen LogP contribution is 2.42. The number of fused-ring (bicyclic) bond motifs is 1. The van der Waals surface area contributed by atoms with E-state index in [2.05, 4.69) is 6.07 Å². The maximum atomic E-state index is 10.6. The van der Waals surface area contributed by atoms with Gasteiger partial charge in [-0.15, -0.1) is 0 Å². The molecule has 1 aromatic carbocycles. The highest BCUT2D eigenvalue weighted by Gasteiger charge is 2.42. The summed E-state index contributed by atoms with van der Waals surface area (Å²) in [6.07, 6.45) is 2.25. The SMILES string of the molecule is CCC(C#N)C1(O)CCc2ccccc21. The van der Waals surface area contributed by atoms with Gasteiger partial charge in [0.05, 0.1) is 12.0 Å². The number of aliphatic hydroxyl groups is 1. The molecule has 1 N–H and O–H groups in total. The first kappa shape index (κ1) is 10.2. The molecule has 0 spiro atoms. The van der Waals surface area contributed by atoms with Crippen molar-refractivity contribution >= 4 is 0 Å². The van der Waals surface area contributed by atoms with E-state index in [9.17, 15) is 5.11 Å². The van der Waals surface area contributed by atoms with E-state index < -0.39 is 5.60 Å². The number of hydrogen-bond acceptors (Lipinski definition) is 2. The van der Waals surface area contributed by atoms with Crippen LogP contribution in [0.4, 0.5) is 0 Å². The van der Waals surface area contributed by atoms with Gasteiger partial charge >= 0.3 is 0 Å². The number of benzene rings is 1. The van der Waals surface area contributed by atoms with Crippen LogP contribution in [0, 0.1) is 17.2 Å². The molecule has 2 rings (SSSR count). The van der Waals surface area contributed by atoms with Crippen molar-refractivity contribution in [3.8, 4) is 6.07 Å². The van der Waals surface area contributed by atoms with Crippen molar-refractivity contribution in [1.29, 1.82) is 5.26 Å². The number of rotatable bonds is 2. The molecule has 2 unspecified atom stereocenters. The molecule has 2 atom stereocenters. The van der Waals surface area contributed by atoms with E-state index in [1.807, 2.05) is 31.2 Å². The first-order valence-corrected chi connectivity index (χ1v) is 5.42. The maximum absolute atomic E-state index is 10.6. The van der Waals surface area contributed by atoms with E-state index in [0.717, 1.165) is 12.0 Å². The zero-order chi connectivity index (χ0) is 10.9. The summed E-state index contributed by atoms with van der Waals surface area (Å²) in [7, 11) is 0. The van der Waals surface area contributed by atoms with Crippen LogP contribution in [0.5, 0.6) is 0 Å². The molecule has 0 saturated carbocycles. The van der Waals surface area contributed by atoms with Gasteiger partial charge in [0.1, 0.15) is 5.60 Å². The molecule has 0 amide bonds. The lowest BCUT2D eigenvalue weighted by molar-refractivity contribution is -0.00226. The number of hydrogen-bond donors (Lipinski definition) is 1. The van der Waals surface area contributed by atoms with E-state index in [4.69, 9.17) is 5.26 Å². The van der Waals surface area contributed by atoms with Crippen molar-refractivity contribution in [3.05, 3.63) is 35.4 Å². The van der Waals surface area contributed by atoms with Gasteiger partial charge in [-0.2, -0.15) is 5.26 Å². The Labute approximate surface area is 90.2 Å². The van der Waals surface area contributed by atoms with Crippen LogP contribution >= 0.6 is 0 Å². The average molecular weight is 201 g/mol. The largest absolute Gasteiger partial charge is 0.384 e. The van der Waals surface area contributed by atoms with Gasteiger partial charge in [0.2, 0.25) is 0 Å². The highest BCUT2D eigenvalue weighted by molar-refractivity contribution is 5.38. The molecule has 0 saturated heterocycles. The summed E-state index contributed by atoms with van der Waals surface area (Å²) >= 11 is 0. The van der Waals surface area contributed by atoms with Gasteiger partial charge in [0.25, 0.3) is 0 Å². The van der Waals surface area contributed by atoms with Crippen molar-refractivity contribution in [2.24, 2.45) is 5.92 Å². The molecule has 78 valence electrons. The summed E-state index contributed by atoms with van der Waals surface area (Å²) in [6.45, 7) is 1.95. The molecule has 15 heavy (non-hydrogen) atoms.